The Hall–Kier alpha value is -3.07. The normalized spacial score (nSPS) is 13.8. The third-order valence-electron chi connectivity index (χ3n) is 11.7. The van der Waals surface area contributed by atoms with Gasteiger partial charge in [-0.1, -0.05) is 227 Å². The lowest BCUT2D eigenvalue weighted by Gasteiger charge is -2.19. The van der Waals surface area contributed by atoms with Crippen molar-refractivity contribution in [3.05, 3.63) is 97.2 Å². The highest BCUT2D eigenvalue weighted by Crippen LogP contribution is 2.43. The number of unbranched alkanes of at least 4 members (excludes halogenated alkanes) is 23. The van der Waals surface area contributed by atoms with Crippen molar-refractivity contribution in [2.24, 2.45) is 5.73 Å². The molecule has 0 aromatic heterocycles. The van der Waals surface area contributed by atoms with Crippen LogP contribution < -0.4 is 5.73 Å². The molecule has 2 atom stereocenters. The second kappa shape index (κ2) is 55.2. The molecule has 70 heavy (non-hydrogen) atoms. The number of rotatable bonds is 52. The van der Waals surface area contributed by atoms with Crippen LogP contribution in [0, 0.1) is 0 Å². The number of phosphoric ester groups is 1. The minimum absolute atomic E-state index is 0.0481. The number of hydrogen-bond donors (Lipinski definition) is 2. The van der Waals surface area contributed by atoms with Gasteiger partial charge in [0.15, 0.2) is 6.10 Å². The summed E-state index contributed by atoms with van der Waals surface area (Å²) < 4.78 is 33.0. The van der Waals surface area contributed by atoms with Crippen molar-refractivity contribution in [1.82, 2.24) is 0 Å². The van der Waals surface area contributed by atoms with E-state index >= 15 is 0 Å². The molecule has 0 rings (SSSR count). The lowest BCUT2D eigenvalue weighted by molar-refractivity contribution is -0.161. The fraction of sp³-hybridized carbons (Fsp3) is 0.700. The molecule has 0 saturated heterocycles. The molecular formula is C60H104NO8P. The number of nitrogens with two attached hydrogens (primary N) is 1. The fourth-order valence-electron chi connectivity index (χ4n) is 7.55. The van der Waals surface area contributed by atoms with Gasteiger partial charge in [-0.3, -0.25) is 18.6 Å². The van der Waals surface area contributed by atoms with Crippen LogP contribution in [-0.2, 0) is 32.7 Å². The first-order valence-electron chi connectivity index (χ1n) is 28.2. The molecule has 0 fully saturated rings. The summed E-state index contributed by atoms with van der Waals surface area (Å²) in [4.78, 5) is 35.1. The number of carbonyl (C=O) groups is 2. The Morgan fingerprint density at radius 1 is 0.443 bits per heavy atom. The number of allylic oxidation sites excluding steroid dienone is 16. The van der Waals surface area contributed by atoms with Gasteiger partial charge in [-0.2, -0.15) is 0 Å². The molecule has 0 aromatic carbocycles. The Kier molecular flexibility index (Phi) is 52.8. The zero-order chi connectivity index (χ0) is 51.0. The van der Waals surface area contributed by atoms with E-state index < -0.39 is 32.5 Å². The SMILES string of the molecule is CC/C=C\C/C=C\C/C=C\C/C=C\C/C=C\C/C=C\CCCCCCCCCCCCCCC(=O)OC(COC(=O)CCCCCCCCC/C=C\C/C=C\CCCCCC)COP(=O)(O)OCCN. The first-order chi connectivity index (χ1) is 34.3. The highest BCUT2D eigenvalue weighted by Gasteiger charge is 2.26. The third kappa shape index (κ3) is 54.3. The van der Waals surface area contributed by atoms with Gasteiger partial charge in [0.25, 0.3) is 0 Å². The molecule has 0 aromatic rings. The van der Waals surface area contributed by atoms with Gasteiger partial charge in [0.05, 0.1) is 13.2 Å². The van der Waals surface area contributed by atoms with E-state index in [1.165, 1.54) is 109 Å². The predicted molar refractivity (Wildman–Crippen MR) is 298 cm³/mol. The van der Waals surface area contributed by atoms with Crippen molar-refractivity contribution in [2.45, 2.75) is 245 Å². The molecule has 0 aliphatic rings. The summed E-state index contributed by atoms with van der Waals surface area (Å²) in [5, 5.41) is 0. The van der Waals surface area contributed by atoms with Gasteiger partial charge in [0.1, 0.15) is 6.61 Å². The van der Waals surface area contributed by atoms with Gasteiger partial charge in [-0.15, -0.1) is 0 Å². The highest BCUT2D eigenvalue weighted by atomic mass is 31.2. The van der Waals surface area contributed by atoms with E-state index in [0.717, 1.165) is 96.3 Å². The van der Waals surface area contributed by atoms with E-state index in [0.29, 0.717) is 6.42 Å². The maximum absolute atomic E-state index is 12.7. The van der Waals surface area contributed by atoms with Crippen LogP contribution in [0.1, 0.15) is 239 Å². The molecule has 0 spiro atoms. The molecule has 0 radical (unpaired) electrons. The predicted octanol–water partition coefficient (Wildman–Crippen LogP) is 17.7. The van der Waals surface area contributed by atoms with E-state index in [1.54, 1.807) is 0 Å². The van der Waals surface area contributed by atoms with Crippen molar-refractivity contribution in [2.75, 3.05) is 26.4 Å². The first kappa shape index (κ1) is 66.9. The average molecular weight is 998 g/mol. The largest absolute Gasteiger partial charge is 0.472 e. The molecule has 2 unspecified atom stereocenters. The first-order valence-corrected chi connectivity index (χ1v) is 29.7. The van der Waals surface area contributed by atoms with Gasteiger partial charge in [0, 0.05) is 19.4 Å². The van der Waals surface area contributed by atoms with E-state index in [9.17, 15) is 19.0 Å². The van der Waals surface area contributed by atoms with Crippen LogP contribution >= 0.6 is 7.82 Å². The summed E-state index contributed by atoms with van der Waals surface area (Å²) in [7, 11) is -4.39. The maximum Gasteiger partial charge on any atom is 0.472 e. The minimum atomic E-state index is -4.39. The van der Waals surface area contributed by atoms with Gasteiger partial charge < -0.3 is 20.1 Å². The number of carbonyl (C=O) groups excluding carboxylic acids is 2. The van der Waals surface area contributed by atoms with E-state index in [4.69, 9.17) is 24.3 Å². The molecular weight excluding hydrogens is 894 g/mol. The molecule has 9 nitrogen and oxygen atoms in total. The monoisotopic (exact) mass is 998 g/mol. The van der Waals surface area contributed by atoms with Gasteiger partial charge in [-0.25, -0.2) is 4.57 Å². The minimum Gasteiger partial charge on any atom is -0.462 e. The Bertz CT molecular complexity index is 1460. The van der Waals surface area contributed by atoms with Crippen LogP contribution in [0.4, 0.5) is 0 Å². The Morgan fingerprint density at radius 2 is 0.786 bits per heavy atom. The van der Waals surface area contributed by atoms with Crippen LogP contribution in [0.5, 0.6) is 0 Å². The number of esters is 2. The molecule has 10 heteroatoms. The number of ether oxygens (including phenoxy) is 2. The van der Waals surface area contributed by atoms with Crippen molar-refractivity contribution >= 4 is 19.8 Å². The second-order valence-electron chi connectivity index (χ2n) is 18.4. The Labute approximate surface area is 429 Å². The zero-order valence-electron chi connectivity index (χ0n) is 44.7. The summed E-state index contributed by atoms with van der Waals surface area (Å²) in [5.74, 6) is -0.840. The fourth-order valence-corrected chi connectivity index (χ4v) is 8.32. The van der Waals surface area contributed by atoms with Crippen molar-refractivity contribution in [1.29, 1.82) is 0 Å². The van der Waals surface area contributed by atoms with Crippen molar-refractivity contribution in [3.63, 3.8) is 0 Å². The molecule has 402 valence electrons. The highest BCUT2D eigenvalue weighted by molar-refractivity contribution is 7.47. The van der Waals surface area contributed by atoms with Crippen LogP contribution in [0.25, 0.3) is 0 Å². The maximum atomic E-state index is 12.7. The average Bonchev–Trinajstić information content (AvgIpc) is 3.35. The van der Waals surface area contributed by atoms with Crippen molar-refractivity contribution in [3.8, 4) is 0 Å². The van der Waals surface area contributed by atoms with E-state index in [1.807, 2.05) is 0 Å². The topological polar surface area (TPSA) is 134 Å². The molecule has 3 N–H and O–H groups in total. The summed E-state index contributed by atoms with van der Waals surface area (Å²) in [6.45, 7) is 3.60. The zero-order valence-corrected chi connectivity index (χ0v) is 45.6. The molecule has 0 bridgehead atoms. The lowest BCUT2D eigenvalue weighted by Crippen LogP contribution is -2.29. The molecule has 0 amide bonds. The standard InChI is InChI=1S/C60H104NO8P/c1-3-5-7-9-11-13-15-17-19-21-23-24-25-26-27-28-29-30-31-32-33-34-35-37-39-41-43-45-47-49-51-53-60(63)69-58(57-68-70(64,65)67-55-54-61)56-66-59(62)52-50-48-46-44-42-40-38-36-22-20-18-16-14-12-10-8-6-4-2/h5,7,11,13-14,16-17,19-20,22-24,26-27,29-30,58H,3-4,6,8-10,12,15,18,21,25,28,31-57,61H2,1-2H3,(H,64,65)/b7-5-,13-11-,16-14-,19-17-,22-20-,24-23-,27-26-,30-29-. The van der Waals surface area contributed by atoms with E-state index in [2.05, 4.69) is 111 Å². The third-order valence-corrected chi connectivity index (χ3v) is 12.7. The Morgan fingerprint density at radius 3 is 1.17 bits per heavy atom. The van der Waals surface area contributed by atoms with Crippen molar-refractivity contribution < 1.29 is 37.6 Å². The van der Waals surface area contributed by atoms with Crippen LogP contribution in [-0.4, -0.2) is 49.3 Å². The summed E-state index contributed by atoms with van der Waals surface area (Å²) in [5.41, 5.74) is 5.38. The van der Waals surface area contributed by atoms with Gasteiger partial charge in [-0.05, 0) is 96.3 Å². The molecule has 0 heterocycles. The Balaban J connectivity index is 4.00. The number of phosphoric acid groups is 1. The lowest BCUT2D eigenvalue weighted by atomic mass is 10.0. The number of hydrogen-bond acceptors (Lipinski definition) is 8. The molecule has 0 saturated carbocycles. The molecule has 0 aliphatic carbocycles. The quantitative estimate of drug-likeness (QED) is 0.0264. The van der Waals surface area contributed by atoms with E-state index in [-0.39, 0.29) is 32.6 Å². The van der Waals surface area contributed by atoms with Gasteiger partial charge >= 0.3 is 19.8 Å². The summed E-state index contributed by atoms with van der Waals surface area (Å²) in [6.07, 6.45) is 73.1. The summed E-state index contributed by atoms with van der Waals surface area (Å²) >= 11 is 0. The summed E-state index contributed by atoms with van der Waals surface area (Å²) in [6, 6.07) is 0. The van der Waals surface area contributed by atoms with Crippen LogP contribution in [0.3, 0.4) is 0 Å². The smallest absolute Gasteiger partial charge is 0.462 e. The van der Waals surface area contributed by atoms with Crippen LogP contribution in [0.2, 0.25) is 0 Å². The van der Waals surface area contributed by atoms with Crippen LogP contribution in [0.15, 0.2) is 97.2 Å². The second-order valence-corrected chi connectivity index (χ2v) is 19.9. The molecule has 0 aliphatic heterocycles. The van der Waals surface area contributed by atoms with Gasteiger partial charge in [0.2, 0.25) is 0 Å².